The highest BCUT2D eigenvalue weighted by Gasteiger charge is 2.60. The Labute approximate surface area is 232 Å². The van der Waals surface area contributed by atoms with Crippen LogP contribution in [0, 0.1) is 18.3 Å². The number of halogens is 6. The smallest absolute Gasteiger partial charge is 0.355 e. The number of benzene rings is 1. The van der Waals surface area contributed by atoms with E-state index in [0.717, 1.165) is 4.68 Å². The molecule has 1 aromatic carbocycles. The first-order valence-corrected chi connectivity index (χ1v) is 11.8. The average molecular weight is 594 g/mol. The minimum Gasteiger partial charge on any atom is -0.355 e. The fourth-order valence-electron chi connectivity index (χ4n) is 3.68. The largest absolute Gasteiger partial charge is 0.459 e. The summed E-state index contributed by atoms with van der Waals surface area (Å²) in [6.07, 6.45) is -4.24. The maximum Gasteiger partial charge on any atom is 0.459 e. The summed E-state index contributed by atoms with van der Waals surface area (Å²) in [7, 11) is 1.37. The van der Waals surface area contributed by atoms with E-state index in [1.165, 1.54) is 43.6 Å². The van der Waals surface area contributed by atoms with Gasteiger partial charge in [0.1, 0.15) is 12.2 Å². The Balaban J connectivity index is 1.75. The Morgan fingerprint density at radius 1 is 1.12 bits per heavy atom. The number of carbonyl (C=O) groups is 2. The van der Waals surface area contributed by atoms with E-state index in [-0.39, 0.29) is 45.2 Å². The molecule has 0 bridgehead atoms. The van der Waals surface area contributed by atoms with Crippen LogP contribution in [0.4, 0.5) is 27.6 Å². The van der Waals surface area contributed by atoms with Crippen LogP contribution >= 0.6 is 11.6 Å². The number of nitrogens with zero attached hydrogens (tertiary/aromatic N) is 7. The molecular weight excluding hydrogens is 577 g/mol. The van der Waals surface area contributed by atoms with Crippen molar-refractivity contribution in [1.82, 2.24) is 35.1 Å². The molecule has 11 nitrogen and oxygen atoms in total. The molecule has 0 radical (unpaired) electrons. The van der Waals surface area contributed by atoms with Gasteiger partial charge in [0.2, 0.25) is 0 Å². The Bertz CT molecular complexity index is 1690. The van der Waals surface area contributed by atoms with E-state index in [1.807, 2.05) is 6.07 Å². The number of nitriles is 1. The zero-order valence-electron chi connectivity index (χ0n) is 21.0. The summed E-state index contributed by atoms with van der Waals surface area (Å²) in [6, 6.07) is 8.85. The summed E-state index contributed by atoms with van der Waals surface area (Å²) >= 11 is 6.25. The SMILES string of the molecule is CNC(=O)c1cc(C#N)cc(C)c1NC(=O)c1cc(Cn2ncc(C(F)(F)C(F)(F)F)n2)nn1-c1ncccc1Cl. The predicted octanol–water partition coefficient (Wildman–Crippen LogP) is 4.01. The molecule has 0 spiro atoms. The summed E-state index contributed by atoms with van der Waals surface area (Å²) in [5.41, 5.74) is -1.20. The lowest BCUT2D eigenvalue weighted by Crippen LogP contribution is -2.34. The van der Waals surface area contributed by atoms with E-state index in [1.54, 1.807) is 6.92 Å². The van der Waals surface area contributed by atoms with Crippen LogP contribution < -0.4 is 10.6 Å². The van der Waals surface area contributed by atoms with Crippen molar-refractivity contribution in [2.75, 3.05) is 12.4 Å². The number of aryl methyl sites for hydroxylation is 1. The molecule has 17 heteroatoms. The molecule has 41 heavy (non-hydrogen) atoms. The number of rotatable bonds is 7. The second-order valence-electron chi connectivity index (χ2n) is 8.43. The van der Waals surface area contributed by atoms with Crippen LogP contribution in [0.25, 0.3) is 5.82 Å². The van der Waals surface area contributed by atoms with Gasteiger partial charge in [-0.1, -0.05) is 11.6 Å². The second kappa shape index (κ2) is 10.9. The zero-order chi connectivity index (χ0) is 30.1. The Kier molecular flexibility index (Phi) is 7.75. The first-order valence-electron chi connectivity index (χ1n) is 11.4. The van der Waals surface area contributed by atoms with E-state index in [9.17, 15) is 36.8 Å². The van der Waals surface area contributed by atoms with Gasteiger partial charge in [-0.15, -0.1) is 0 Å². The van der Waals surface area contributed by atoms with E-state index in [4.69, 9.17) is 11.6 Å². The summed E-state index contributed by atoms with van der Waals surface area (Å²) in [4.78, 5) is 30.7. The monoisotopic (exact) mass is 593 g/mol. The van der Waals surface area contributed by atoms with Crippen molar-refractivity contribution < 1.29 is 31.5 Å². The van der Waals surface area contributed by atoms with Crippen molar-refractivity contribution in [1.29, 1.82) is 5.26 Å². The van der Waals surface area contributed by atoms with Gasteiger partial charge in [0, 0.05) is 13.2 Å². The van der Waals surface area contributed by atoms with E-state index < -0.39 is 36.2 Å². The molecule has 0 aliphatic heterocycles. The molecule has 0 atom stereocenters. The van der Waals surface area contributed by atoms with Crippen molar-refractivity contribution in [2.24, 2.45) is 0 Å². The number of anilines is 1. The molecular formula is C24H17ClF5N9O2. The molecule has 2 amide bonds. The van der Waals surface area contributed by atoms with Crippen LogP contribution in [-0.2, 0) is 12.5 Å². The van der Waals surface area contributed by atoms with Crippen molar-refractivity contribution in [3.63, 3.8) is 0 Å². The molecule has 2 N–H and O–H groups in total. The summed E-state index contributed by atoms with van der Waals surface area (Å²) in [5.74, 6) is -6.65. The standard InChI is InChI=1S/C24H17ClF5N9O2/c1-12-6-13(9-31)7-15(21(40)32-2)19(12)35-22(41)17-8-14(36-39(17)20-16(25)4-3-5-33-20)11-38-34-10-18(37-38)23(26,27)24(28,29)30/h3-8,10H,11H2,1-2H3,(H,32,40)(H,35,41). The molecule has 0 saturated carbocycles. The quantitative estimate of drug-likeness (QED) is 0.308. The van der Waals surface area contributed by atoms with Crippen LogP contribution in [0.2, 0.25) is 5.02 Å². The lowest BCUT2D eigenvalue weighted by molar-refractivity contribution is -0.291. The topological polar surface area (TPSA) is 143 Å². The number of alkyl halides is 5. The van der Waals surface area contributed by atoms with Crippen LogP contribution in [0.3, 0.4) is 0 Å². The molecule has 212 valence electrons. The van der Waals surface area contributed by atoms with E-state index in [0.29, 0.717) is 10.4 Å². The predicted molar refractivity (Wildman–Crippen MR) is 133 cm³/mol. The third-order valence-corrected chi connectivity index (χ3v) is 5.92. The van der Waals surface area contributed by atoms with Crippen molar-refractivity contribution in [2.45, 2.75) is 25.6 Å². The van der Waals surface area contributed by atoms with E-state index >= 15 is 0 Å². The fourth-order valence-corrected chi connectivity index (χ4v) is 3.88. The molecule has 3 aromatic heterocycles. The molecule has 0 unspecified atom stereocenters. The molecule has 0 saturated heterocycles. The Morgan fingerprint density at radius 2 is 1.85 bits per heavy atom. The molecule has 4 rings (SSSR count). The van der Waals surface area contributed by atoms with Crippen molar-refractivity contribution >= 4 is 29.1 Å². The number of pyridine rings is 1. The third kappa shape index (κ3) is 5.70. The van der Waals surface area contributed by atoms with Gasteiger partial charge in [-0.3, -0.25) is 9.59 Å². The maximum absolute atomic E-state index is 13.7. The summed E-state index contributed by atoms with van der Waals surface area (Å²) in [5, 5.41) is 25.3. The molecule has 0 aliphatic carbocycles. The van der Waals surface area contributed by atoms with Crippen LogP contribution in [-0.4, -0.2) is 54.8 Å². The number of amides is 2. The Hall–Kier alpha value is -4.91. The molecule has 0 fully saturated rings. The number of nitrogens with one attached hydrogen (secondary N) is 2. The maximum atomic E-state index is 13.7. The summed E-state index contributed by atoms with van der Waals surface area (Å²) < 4.78 is 66.6. The highest BCUT2D eigenvalue weighted by molar-refractivity contribution is 6.32. The van der Waals surface area contributed by atoms with Crippen LogP contribution in [0.1, 0.15) is 43.4 Å². The van der Waals surface area contributed by atoms with Crippen LogP contribution in [0.15, 0.2) is 42.7 Å². The first kappa shape index (κ1) is 29.1. The van der Waals surface area contributed by atoms with Gasteiger partial charge in [-0.05, 0) is 42.8 Å². The minimum atomic E-state index is -5.88. The number of hydrogen-bond donors (Lipinski definition) is 2. The highest BCUT2D eigenvalue weighted by atomic mass is 35.5. The molecule has 0 aliphatic rings. The zero-order valence-corrected chi connectivity index (χ0v) is 21.7. The minimum absolute atomic E-state index is 0.00146. The third-order valence-electron chi connectivity index (χ3n) is 5.62. The van der Waals surface area contributed by atoms with Gasteiger partial charge < -0.3 is 10.6 Å². The molecule has 3 heterocycles. The van der Waals surface area contributed by atoms with Gasteiger partial charge in [-0.25, -0.2) is 9.67 Å². The molecule has 4 aromatic rings. The first-order chi connectivity index (χ1) is 19.3. The van der Waals surface area contributed by atoms with Gasteiger partial charge in [0.25, 0.3) is 11.8 Å². The fraction of sp³-hybridized carbons (Fsp3) is 0.208. The van der Waals surface area contributed by atoms with Gasteiger partial charge in [0.05, 0.1) is 39.8 Å². The lowest BCUT2D eigenvalue weighted by Gasteiger charge is -2.16. The number of aromatic nitrogens is 6. The number of hydrogen-bond acceptors (Lipinski definition) is 7. The van der Waals surface area contributed by atoms with Gasteiger partial charge in [-0.2, -0.15) is 47.3 Å². The lowest BCUT2D eigenvalue weighted by atomic mass is 10.0. The van der Waals surface area contributed by atoms with Crippen LogP contribution in [0.5, 0.6) is 0 Å². The summed E-state index contributed by atoms with van der Waals surface area (Å²) in [6.45, 7) is 1.06. The van der Waals surface area contributed by atoms with Crippen molar-refractivity contribution in [3.05, 3.63) is 81.5 Å². The second-order valence-corrected chi connectivity index (χ2v) is 8.84. The van der Waals surface area contributed by atoms with Crippen molar-refractivity contribution in [3.8, 4) is 11.9 Å². The van der Waals surface area contributed by atoms with Gasteiger partial charge in [0.15, 0.2) is 11.5 Å². The highest BCUT2D eigenvalue weighted by Crippen LogP contribution is 2.42. The average Bonchev–Trinajstić information content (AvgIpc) is 3.56. The normalized spacial score (nSPS) is 11.7. The number of carbonyl (C=O) groups excluding carboxylic acids is 2. The van der Waals surface area contributed by atoms with Gasteiger partial charge >= 0.3 is 12.1 Å². The van der Waals surface area contributed by atoms with E-state index in [2.05, 4.69) is 30.9 Å². The Morgan fingerprint density at radius 3 is 2.49 bits per heavy atom.